The van der Waals surface area contributed by atoms with E-state index in [0.29, 0.717) is 6.61 Å². The topological polar surface area (TPSA) is 51.5 Å². The molecule has 0 saturated heterocycles. The van der Waals surface area contributed by atoms with E-state index in [2.05, 4.69) is 10.6 Å². The molecule has 2 aromatic rings. The minimum atomic E-state index is -0.830. The van der Waals surface area contributed by atoms with Crippen molar-refractivity contribution in [2.45, 2.75) is 25.4 Å². The average Bonchev–Trinajstić information content (AvgIpc) is 2.64. The molecule has 0 spiro atoms. The number of hydrogen-bond acceptors (Lipinski definition) is 2. The van der Waals surface area contributed by atoms with Gasteiger partial charge in [-0.3, -0.25) is 4.79 Å². The Morgan fingerprint density at radius 2 is 2.21 bits per heavy atom. The number of para-hydroxylation sites is 1. The quantitative estimate of drug-likeness (QED) is 0.901. The van der Waals surface area contributed by atoms with E-state index in [9.17, 15) is 4.79 Å². The van der Waals surface area contributed by atoms with Gasteiger partial charge in [0.05, 0.1) is 13.0 Å². The standard InChI is InChI=1S/C15H17NO3/c1-15(9-13(17)18)14-10-5-3-4-6-11(10)16(2)12(14)7-8-19-15/h3-6H,7-9H2,1-2H3,(H,17,18). The molecule has 0 bridgehead atoms. The summed E-state index contributed by atoms with van der Waals surface area (Å²) in [6, 6.07) is 8.10. The highest BCUT2D eigenvalue weighted by Crippen LogP contribution is 2.41. The SMILES string of the molecule is Cn1c2c(c3ccccc31)C(C)(CC(=O)O)OCC2. The third-order valence-corrected chi connectivity index (χ3v) is 4.01. The molecule has 19 heavy (non-hydrogen) atoms. The number of carboxylic acids is 1. The van der Waals surface area contributed by atoms with Crippen molar-refractivity contribution in [3.05, 3.63) is 35.5 Å². The smallest absolute Gasteiger partial charge is 0.306 e. The van der Waals surface area contributed by atoms with Crippen LogP contribution in [0.2, 0.25) is 0 Å². The van der Waals surface area contributed by atoms with Crippen LogP contribution >= 0.6 is 0 Å². The van der Waals surface area contributed by atoms with Crippen LogP contribution in [0.15, 0.2) is 24.3 Å². The number of aliphatic carboxylic acids is 1. The average molecular weight is 259 g/mol. The van der Waals surface area contributed by atoms with Crippen molar-refractivity contribution in [3.8, 4) is 0 Å². The van der Waals surface area contributed by atoms with Gasteiger partial charge in [-0.15, -0.1) is 0 Å². The Kier molecular flexibility index (Phi) is 2.64. The molecule has 1 aromatic carbocycles. The summed E-state index contributed by atoms with van der Waals surface area (Å²) >= 11 is 0. The van der Waals surface area contributed by atoms with Gasteiger partial charge in [0.15, 0.2) is 0 Å². The van der Waals surface area contributed by atoms with Crippen LogP contribution < -0.4 is 0 Å². The maximum absolute atomic E-state index is 11.1. The van der Waals surface area contributed by atoms with E-state index in [1.54, 1.807) is 0 Å². The van der Waals surface area contributed by atoms with Gasteiger partial charge in [0.2, 0.25) is 0 Å². The first-order valence-electron chi connectivity index (χ1n) is 6.45. The van der Waals surface area contributed by atoms with E-state index in [1.165, 1.54) is 5.69 Å². The molecule has 0 amide bonds. The monoisotopic (exact) mass is 259 g/mol. The summed E-state index contributed by atoms with van der Waals surface area (Å²) in [5, 5.41) is 10.2. The zero-order chi connectivity index (χ0) is 13.6. The predicted molar refractivity (Wildman–Crippen MR) is 72.2 cm³/mol. The number of rotatable bonds is 2. The van der Waals surface area contributed by atoms with Gasteiger partial charge in [0.25, 0.3) is 0 Å². The molecule has 0 radical (unpaired) electrons. The van der Waals surface area contributed by atoms with Crippen LogP contribution in [0, 0.1) is 0 Å². The summed E-state index contributed by atoms with van der Waals surface area (Å²) in [5.41, 5.74) is 2.63. The molecular formula is C15H17NO3. The maximum atomic E-state index is 11.1. The molecule has 0 fully saturated rings. The molecule has 0 saturated carbocycles. The van der Waals surface area contributed by atoms with E-state index in [4.69, 9.17) is 9.84 Å². The van der Waals surface area contributed by atoms with Crippen LogP contribution in [0.1, 0.15) is 24.6 Å². The first-order valence-corrected chi connectivity index (χ1v) is 6.45. The van der Waals surface area contributed by atoms with Crippen molar-refractivity contribution >= 4 is 16.9 Å². The van der Waals surface area contributed by atoms with E-state index in [1.807, 2.05) is 32.2 Å². The minimum absolute atomic E-state index is 0.00594. The van der Waals surface area contributed by atoms with E-state index < -0.39 is 11.6 Å². The Hall–Kier alpha value is -1.81. The lowest BCUT2D eigenvalue weighted by Crippen LogP contribution is -2.35. The second kappa shape index (κ2) is 4.10. The second-order valence-electron chi connectivity index (χ2n) is 5.30. The fraction of sp³-hybridized carbons (Fsp3) is 0.400. The maximum Gasteiger partial charge on any atom is 0.306 e. The molecule has 1 N–H and O–H groups in total. The highest BCUT2D eigenvalue weighted by atomic mass is 16.5. The van der Waals surface area contributed by atoms with Crippen molar-refractivity contribution in [2.24, 2.45) is 7.05 Å². The highest BCUT2D eigenvalue weighted by molar-refractivity contribution is 5.87. The Morgan fingerprint density at radius 1 is 1.47 bits per heavy atom. The lowest BCUT2D eigenvalue weighted by Gasteiger charge is -2.33. The lowest BCUT2D eigenvalue weighted by atomic mass is 9.87. The van der Waals surface area contributed by atoms with Crippen LogP contribution in [0.25, 0.3) is 10.9 Å². The highest BCUT2D eigenvalue weighted by Gasteiger charge is 2.39. The molecule has 4 heteroatoms. The second-order valence-corrected chi connectivity index (χ2v) is 5.30. The summed E-state index contributed by atoms with van der Waals surface area (Å²) in [6.07, 6.45) is 0.823. The Balaban J connectivity index is 2.29. The summed E-state index contributed by atoms with van der Waals surface area (Å²) in [6.45, 7) is 2.45. The number of benzene rings is 1. The molecule has 1 aliphatic rings. The molecule has 4 nitrogen and oxygen atoms in total. The molecule has 1 aliphatic heterocycles. The van der Waals surface area contributed by atoms with E-state index >= 15 is 0 Å². The fourth-order valence-electron chi connectivity index (χ4n) is 3.20. The zero-order valence-corrected chi connectivity index (χ0v) is 11.1. The Morgan fingerprint density at radius 3 is 2.95 bits per heavy atom. The predicted octanol–water partition coefficient (Wildman–Crippen LogP) is 2.44. The van der Waals surface area contributed by atoms with Gasteiger partial charge >= 0.3 is 5.97 Å². The summed E-state index contributed by atoms with van der Waals surface area (Å²) in [7, 11) is 2.04. The zero-order valence-electron chi connectivity index (χ0n) is 11.1. The number of ether oxygens (including phenoxy) is 1. The first-order chi connectivity index (χ1) is 9.03. The molecule has 1 unspecified atom stereocenters. The van der Waals surface area contributed by atoms with Crippen molar-refractivity contribution in [3.63, 3.8) is 0 Å². The van der Waals surface area contributed by atoms with Gasteiger partial charge in [0, 0.05) is 35.6 Å². The third kappa shape index (κ3) is 1.75. The van der Waals surface area contributed by atoms with Crippen LogP contribution in [0.4, 0.5) is 0 Å². The number of carbonyl (C=O) groups is 1. The van der Waals surface area contributed by atoms with Crippen LogP contribution in [-0.4, -0.2) is 22.2 Å². The Bertz CT molecular complexity index is 659. The summed E-state index contributed by atoms with van der Waals surface area (Å²) in [5.74, 6) is -0.830. The van der Waals surface area contributed by atoms with Crippen molar-refractivity contribution in [1.82, 2.24) is 4.57 Å². The molecule has 1 aromatic heterocycles. The molecular weight excluding hydrogens is 242 g/mol. The van der Waals surface area contributed by atoms with Crippen molar-refractivity contribution < 1.29 is 14.6 Å². The molecule has 1 atom stereocenters. The first kappa shape index (κ1) is 12.2. The van der Waals surface area contributed by atoms with Gasteiger partial charge in [-0.2, -0.15) is 0 Å². The van der Waals surface area contributed by atoms with Crippen LogP contribution in [-0.2, 0) is 28.6 Å². The van der Waals surface area contributed by atoms with E-state index in [-0.39, 0.29) is 6.42 Å². The number of fused-ring (bicyclic) bond motifs is 3. The summed E-state index contributed by atoms with van der Waals surface area (Å²) in [4.78, 5) is 11.1. The van der Waals surface area contributed by atoms with Crippen molar-refractivity contribution in [1.29, 1.82) is 0 Å². The van der Waals surface area contributed by atoms with Crippen LogP contribution in [0.5, 0.6) is 0 Å². The molecule has 0 aliphatic carbocycles. The van der Waals surface area contributed by atoms with Gasteiger partial charge < -0.3 is 14.4 Å². The molecule has 100 valence electrons. The largest absolute Gasteiger partial charge is 0.481 e. The molecule has 3 rings (SSSR count). The molecule has 2 heterocycles. The van der Waals surface area contributed by atoms with Gasteiger partial charge in [-0.05, 0) is 13.0 Å². The number of aromatic nitrogens is 1. The third-order valence-electron chi connectivity index (χ3n) is 4.01. The van der Waals surface area contributed by atoms with Crippen LogP contribution in [0.3, 0.4) is 0 Å². The fourth-order valence-corrected chi connectivity index (χ4v) is 3.20. The normalized spacial score (nSPS) is 22.4. The van der Waals surface area contributed by atoms with Gasteiger partial charge in [-0.25, -0.2) is 0 Å². The number of aryl methyl sites for hydroxylation is 1. The van der Waals surface area contributed by atoms with Gasteiger partial charge in [-0.1, -0.05) is 18.2 Å². The number of hydrogen-bond donors (Lipinski definition) is 1. The van der Waals surface area contributed by atoms with Crippen molar-refractivity contribution in [2.75, 3.05) is 6.61 Å². The lowest BCUT2D eigenvalue weighted by molar-refractivity contribution is -0.146. The Labute approximate surface area is 111 Å². The number of nitrogens with zero attached hydrogens (tertiary/aromatic N) is 1. The van der Waals surface area contributed by atoms with Gasteiger partial charge in [0.1, 0.15) is 5.60 Å². The van der Waals surface area contributed by atoms with E-state index in [0.717, 1.165) is 22.9 Å². The minimum Gasteiger partial charge on any atom is -0.481 e. The summed E-state index contributed by atoms with van der Waals surface area (Å²) < 4.78 is 7.99. The number of carboxylic acid groups (broad SMARTS) is 1.